The molecule has 0 radical (unpaired) electrons. The molecule has 0 aromatic heterocycles. The third kappa shape index (κ3) is 3.93. The molecule has 0 spiro atoms. The van der Waals surface area contributed by atoms with Gasteiger partial charge in [0.1, 0.15) is 0 Å². The van der Waals surface area contributed by atoms with E-state index in [1.165, 1.54) is 5.56 Å². The zero-order valence-corrected chi connectivity index (χ0v) is 13.4. The van der Waals surface area contributed by atoms with Gasteiger partial charge in [0.05, 0.1) is 4.90 Å². The largest absolute Gasteiger partial charge is 0.241 e. The number of hydrogen-bond acceptors (Lipinski definition) is 2. The van der Waals surface area contributed by atoms with Crippen molar-refractivity contribution in [3.63, 3.8) is 0 Å². The summed E-state index contributed by atoms with van der Waals surface area (Å²) < 4.78 is 27.3. The summed E-state index contributed by atoms with van der Waals surface area (Å²) in [7, 11) is -3.48. The average molecular weight is 303 g/mol. The van der Waals surface area contributed by atoms with Gasteiger partial charge in [0, 0.05) is 6.04 Å². The summed E-state index contributed by atoms with van der Waals surface area (Å²) in [4.78, 5) is 0.288. The molecule has 0 heterocycles. The Morgan fingerprint density at radius 2 is 1.33 bits per heavy atom. The summed E-state index contributed by atoms with van der Waals surface area (Å²) in [5.41, 5.74) is 2.20. The van der Waals surface area contributed by atoms with Crippen molar-refractivity contribution in [1.82, 2.24) is 4.72 Å². The molecule has 0 saturated carbocycles. The van der Waals surface area contributed by atoms with E-state index in [4.69, 9.17) is 0 Å². The van der Waals surface area contributed by atoms with Crippen LogP contribution < -0.4 is 4.72 Å². The van der Waals surface area contributed by atoms with Gasteiger partial charge in [-0.1, -0.05) is 56.3 Å². The van der Waals surface area contributed by atoms with Gasteiger partial charge < -0.3 is 0 Å². The van der Waals surface area contributed by atoms with Crippen LogP contribution in [0.3, 0.4) is 0 Å². The number of nitrogens with one attached hydrogen (secondary N) is 1. The first-order valence-electron chi connectivity index (χ1n) is 7.07. The highest BCUT2D eigenvalue weighted by molar-refractivity contribution is 7.89. The Bertz CT molecular complexity index is 676. The fourth-order valence-corrected chi connectivity index (χ4v) is 3.39. The van der Waals surface area contributed by atoms with Crippen LogP contribution in [0.1, 0.15) is 43.9 Å². The maximum atomic E-state index is 12.3. The van der Waals surface area contributed by atoms with Crippen LogP contribution in [-0.4, -0.2) is 8.42 Å². The van der Waals surface area contributed by atoms with E-state index in [0.717, 1.165) is 5.56 Å². The molecule has 0 saturated heterocycles. The zero-order valence-electron chi connectivity index (χ0n) is 12.6. The van der Waals surface area contributed by atoms with Crippen molar-refractivity contribution >= 4 is 10.0 Å². The van der Waals surface area contributed by atoms with Crippen LogP contribution in [-0.2, 0) is 10.0 Å². The van der Waals surface area contributed by atoms with Crippen LogP contribution in [0.5, 0.6) is 0 Å². The summed E-state index contributed by atoms with van der Waals surface area (Å²) in [6.45, 7) is 6.12. The summed E-state index contributed by atoms with van der Waals surface area (Å²) in [5, 5.41) is 0. The molecule has 0 unspecified atom stereocenters. The first-order chi connectivity index (χ1) is 9.90. The quantitative estimate of drug-likeness (QED) is 0.912. The number of hydrogen-bond donors (Lipinski definition) is 1. The lowest BCUT2D eigenvalue weighted by Gasteiger charge is -2.15. The van der Waals surface area contributed by atoms with Crippen LogP contribution in [0.2, 0.25) is 0 Å². The molecule has 2 aromatic rings. The van der Waals surface area contributed by atoms with Crippen LogP contribution in [0.25, 0.3) is 0 Å². The third-order valence-corrected chi connectivity index (χ3v) is 5.05. The van der Waals surface area contributed by atoms with Crippen LogP contribution in [0, 0.1) is 0 Å². The SMILES string of the molecule is CC(C)c1ccc([C@@H](C)NS(=O)(=O)c2ccccc2)cc1. The first-order valence-corrected chi connectivity index (χ1v) is 8.55. The minimum Gasteiger partial charge on any atom is -0.207 e. The molecule has 0 aliphatic heterocycles. The molecule has 2 rings (SSSR count). The summed E-state index contributed by atoms with van der Waals surface area (Å²) in [6.07, 6.45) is 0. The van der Waals surface area contributed by atoms with Gasteiger partial charge in [-0.15, -0.1) is 0 Å². The smallest absolute Gasteiger partial charge is 0.207 e. The Balaban J connectivity index is 2.16. The minimum atomic E-state index is -3.48. The van der Waals surface area contributed by atoms with E-state index in [1.807, 2.05) is 31.2 Å². The summed E-state index contributed by atoms with van der Waals surface area (Å²) >= 11 is 0. The van der Waals surface area contributed by atoms with Gasteiger partial charge in [0.25, 0.3) is 0 Å². The molecule has 4 heteroatoms. The second-order valence-electron chi connectivity index (χ2n) is 5.48. The highest BCUT2D eigenvalue weighted by Crippen LogP contribution is 2.20. The molecule has 3 nitrogen and oxygen atoms in total. The van der Waals surface area contributed by atoms with Crippen molar-refractivity contribution in [2.45, 2.75) is 37.6 Å². The fourth-order valence-electron chi connectivity index (χ4n) is 2.14. The molecule has 0 aliphatic rings. The lowest BCUT2D eigenvalue weighted by Crippen LogP contribution is -2.26. The van der Waals surface area contributed by atoms with Gasteiger partial charge in [-0.25, -0.2) is 13.1 Å². The number of benzene rings is 2. The average Bonchev–Trinajstić information content (AvgIpc) is 2.48. The fraction of sp³-hybridized carbons (Fsp3) is 0.294. The van der Waals surface area contributed by atoms with E-state index >= 15 is 0 Å². The van der Waals surface area contributed by atoms with Gasteiger partial charge in [0.2, 0.25) is 10.0 Å². The second-order valence-corrected chi connectivity index (χ2v) is 7.19. The number of sulfonamides is 1. The van der Waals surface area contributed by atoms with Gasteiger partial charge in [-0.2, -0.15) is 0 Å². The van der Waals surface area contributed by atoms with E-state index < -0.39 is 10.0 Å². The Morgan fingerprint density at radius 1 is 0.810 bits per heavy atom. The molecule has 0 fully saturated rings. The molecule has 1 atom stereocenters. The van der Waals surface area contributed by atoms with Crippen molar-refractivity contribution in [1.29, 1.82) is 0 Å². The van der Waals surface area contributed by atoms with Crippen molar-refractivity contribution in [3.05, 3.63) is 65.7 Å². The monoisotopic (exact) mass is 303 g/mol. The molecule has 2 aromatic carbocycles. The number of rotatable bonds is 5. The zero-order chi connectivity index (χ0) is 15.5. The van der Waals surface area contributed by atoms with E-state index in [0.29, 0.717) is 5.92 Å². The van der Waals surface area contributed by atoms with E-state index in [9.17, 15) is 8.42 Å². The van der Waals surface area contributed by atoms with Gasteiger partial charge in [-0.05, 0) is 36.1 Å². The molecule has 0 amide bonds. The predicted molar refractivity (Wildman–Crippen MR) is 85.7 cm³/mol. The van der Waals surface area contributed by atoms with E-state index in [1.54, 1.807) is 30.3 Å². The highest BCUT2D eigenvalue weighted by atomic mass is 32.2. The molecule has 112 valence electrons. The summed E-state index contributed by atoms with van der Waals surface area (Å²) in [6, 6.07) is 16.2. The molecule has 1 N–H and O–H groups in total. The van der Waals surface area contributed by atoms with E-state index in [-0.39, 0.29) is 10.9 Å². The van der Waals surface area contributed by atoms with Crippen molar-refractivity contribution < 1.29 is 8.42 Å². The normalized spacial score (nSPS) is 13.3. The Hall–Kier alpha value is -1.65. The molecule has 0 bridgehead atoms. The van der Waals surface area contributed by atoms with Crippen LogP contribution in [0.4, 0.5) is 0 Å². The van der Waals surface area contributed by atoms with Gasteiger partial charge >= 0.3 is 0 Å². The maximum Gasteiger partial charge on any atom is 0.241 e. The second kappa shape index (κ2) is 6.41. The predicted octanol–water partition coefficient (Wildman–Crippen LogP) is 3.85. The van der Waals surface area contributed by atoms with Crippen molar-refractivity contribution in [3.8, 4) is 0 Å². The lowest BCUT2D eigenvalue weighted by molar-refractivity contribution is 0.567. The van der Waals surface area contributed by atoms with Gasteiger partial charge in [0.15, 0.2) is 0 Å². The minimum absolute atomic E-state index is 0.267. The maximum absolute atomic E-state index is 12.3. The third-order valence-electron chi connectivity index (χ3n) is 3.49. The Morgan fingerprint density at radius 3 is 1.86 bits per heavy atom. The van der Waals surface area contributed by atoms with Crippen molar-refractivity contribution in [2.75, 3.05) is 0 Å². The van der Waals surface area contributed by atoms with Crippen molar-refractivity contribution in [2.24, 2.45) is 0 Å². The first kappa shape index (κ1) is 15.7. The van der Waals surface area contributed by atoms with Crippen LogP contribution in [0.15, 0.2) is 59.5 Å². The topological polar surface area (TPSA) is 46.2 Å². The Kier molecular flexibility index (Phi) is 4.80. The van der Waals surface area contributed by atoms with Gasteiger partial charge in [-0.3, -0.25) is 0 Å². The summed E-state index contributed by atoms with van der Waals surface area (Å²) in [5.74, 6) is 0.468. The van der Waals surface area contributed by atoms with Crippen LogP contribution >= 0.6 is 0 Å². The van der Waals surface area contributed by atoms with E-state index in [2.05, 4.69) is 18.6 Å². The standard InChI is InChI=1S/C17H21NO2S/c1-13(2)15-9-11-16(12-10-15)14(3)18-21(19,20)17-7-5-4-6-8-17/h4-14,18H,1-3H3/t14-/m1/s1. The molecule has 0 aliphatic carbocycles. The Labute approximate surface area is 127 Å². The lowest BCUT2D eigenvalue weighted by atomic mass is 10.00. The highest BCUT2D eigenvalue weighted by Gasteiger charge is 2.17. The molecule has 21 heavy (non-hydrogen) atoms. The molecular weight excluding hydrogens is 282 g/mol. The molecular formula is C17H21NO2S.